The molecule has 0 bridgehead atoms. The van der Waals surface area contributed by atoms with Crippen LogP contribution >= 0.6 is 11.6 Å². The van der Waals surface area contributed by atoms with Gasteiger partial charge in [-0.25, -0.2) is 0 Å². The molecule has 0 saturated carbocycles. The molecule has 2 saturated heterocycles. The van der Waals surface area contributed by atoms with E-state index in [1.165, 1.54) is 5.57 Å². The summed E-state index contributed by atoms with van der Waals surface area (Å²) >= 11 is 6.09. The van der Waals surface area contributed by atoms with Crippen LogP contribution in [-0.2, 0) is 4.79 Å². The summed E-state index contributed by atoms with van der Waals surface area (Å²) in [5.41, 5.74) is 2.34. The topological polar surface area (TPSA) is 32.8 Å². The number of rotatable bonds is 3. The average molecular weight is 347 g/mol. The lowest BCUT2D eigenvalue weighted by Gasteiger charge is -2.38. The fourth-order valence-electron chi connectivity index (χ4n) is 4.06. The molecule has 0 spiro atoms. The normalized spacial score (nSPS) is 24.5. The Bertz CT molecular complexity index is 673. The van der Waals surface area contributed by atoms with Gasteiger partial charge in [0.05, 0.1) is 0 Å². The molecule has 0 aromatic heterocycles. The second-order valence-corrected chi connectivity index (χ2v) is 7.43. The first-order valence-corrected chi connectivity index (χ1v) is 9.20. The second kappa shape index (κ2) is 6.77. The van der Waals surface area contributed by atoms with Gasteiger partial charge in [-0.3, -0.25) is 9.69 Å². The Kier molecular flexibility index (Phi) is 4.51. The zero-order chi connectivity index (χ0) is 16.5. The van der Waals surface area contributed by atoms with Crippen molar-refractivity contribution in [3.05, 3.63) is 34.4 Å². The molecule has 1 atom stereocenters. The Labute approximate surface area is 148 Å². The van der Waals surface area contributed by atoms with Gasteiger partial charge in [0.15, 0.2) is 0 Å². The van der Waals surface area contributed by atoms with E-state index >= 15 is 0 Å². The number of nitrogens with zero attached hydrogens (tertiary/aromatic N) is 2. The van der Waals surface area contributed by atoms with Crippen LogP contribution in [0.5, 0.6) is 5.75 Å². The van der Waals surface area contributed by atoms with Gasteiger partial charge in [-0.1, -0.05) is 11.6 Å². The summed E-state index contributed by atoms with van der Waals surface area (Å²) in [7, 11) is 0. The maximum atomic E-state index is 12.0. The predicted octanol–water partition coefficient (Wildman–Crippen LogP) is 3.20. The molecule has 3 heterocycles. The maximum Gasteiger partial charge on any atom is 0.222 e. The number of halogens is 1. The van der Waals surface area contributed by atoms with E-state index in [4.69, 9.17) is 16.3 Å². The lowest BCUT2D eigenvalue weighted by atomic mass is 10.0. The Morgan fingerprint density at radius 3 is 3.00 bits per heavy atom. The van der Waals surface area contributed by atoms with Crippen molar-refractivity contribution >= 4 is 23.6 Å². The molecule has 1 aromatic rings. The monoisotopic (exact) mass is 346 g/mol. The van der Waals surface area contributed by atoms with Gasteiger partial charge in [0.2, 0.25) is 5.91 Å². The molecule has 0 radical (unpaired) electrons. The standard InChI is InChI=1S/C19H23ClN2O2/c20-16-5-6-18-15(10-16)9-14(13-24-18)11-21-7-1-3-17(12-21)22-8-2-4-19(22)23/h5-6,9-10,17H,1-4,7-8,11-13H2/t17-/m1/s1. The lowest BCUT2D eigenvalue weighted by molar-refractivity contribution is -0.130. The van der Waals surface area contributed by atoms with Crippen LogP contribution in [0.4, 0.5) is 0 Å². The third-order valence-electron chi connectivity index (χ3n) is 5.20. The fraction of sp³-hybridized carbons (Fsp3) is 0.526. The highest BCUT2D eigenvalue weighted by molar-refractivity contribution is 6.30. The predicted molar refractivity (Wildman–Crippen MR) is 95.3 cm³/mol. The van der Waals surface area contributed by atoms with E-state index in [9.17, 15) is 4.79 Å². The van der Waals surface area contributed by atoms with Crippen LogP contribution in [0.2, 0.25) is 5.02 Å². The fourth-order valence-corrected chi connectivity index (χ4v) is 4.24. The first-order chi connectivity index (χ1) is 11.7. The van der Waals surface area contributed by atoms with Crippen LogP contribution in [0.25, 0.3) is 6.08 Å². The van der Waals surface area contributed by atoms with Gasteiger partial charge >= 0.3 is 0 Å². The van der Waals surface area contributed by atoms with Gasteiger partial charge in [0.25, 0.3) is 0 Å². The summed E-state index contributed by atoms with van der Waals surface area (Å²) in [6.07, 6.45) is 6.25. The number of piperidine rings is 1. The first kappa shape index (κ1) is 16.0. The summed E-state index contributed by atoms with van der Waals surface area (Å²) in [6, 6.07) is 6.14. The van der Waals surface area contributed by atoms with Crippen molar-refractivity contribution in [2.75, 3.05) is 32.8 Å². The number of hydrogen-bond donors (Lipinski definition) is 0. The zero-order valence-corrected chi connectivity index (χ0v) is 14.6. The molecule has 0 unspecified atom stereocenters. The third kappa shape index (κ3) is 3.31. The largest absolute Gasteiger partial charge is 0.489 e. The number of fused-ring (bicyclic) bond motifs is 1. The second-order valence-electron chi connectivity index (χ2n) is 7.00. The maximum absolute atomic E-state index is 12.0. The molecule has 4 nitrogen and oxygen atoms in total. The van der Waals surface area contributed by atoms with Crippen molar-refractivity contribution in [1.82, 2.24) is 9.80 Å². The summed E-state index contributed by atoms with van der Waals surface area (Å²) in [6.45, 7) is 4.56. The van der Waals surface area contributed by atoms with Crippen LogP contribution < -0.4 is 4.74 Å². The minimum Gasteiger partial charge on any atom is -0.489 e. The van der Waals surface area contributed by atoms with Crippen LogP contribution in [0.15, 0.2) is 23.8 Å². The molecule has 0 aliphatic carbocycles. The highest BCUT2D eigenvalue weighted by atomic mass is 35.5. The van der Waals surface area contributed by atoms with Crippen LogP contribution in [-0.4, -0.2) is 54.5 Å². The van der Waals surface area contributed by atoms with Crippen molar-refractivity contribution in [1.29, 1.82) is 0 Å². The molecule has 1 aromatic carbocycles. The van der Waals surface area contributed by atoms with Crippen molar-refractivity contribution in [2.45, 2.75) is 31.7 Å². The van der Waals surface area contributed by atoms with E-state index in [2.05, 4.69) is 15.9 Å². The quantitative estimate of drug-likeness (QED) is 0.842. The smallest absolute Gasteiger partial charge is 0.222 e. The Morgan fingerprint density at radius 1 is 1.25 bits per heavy atom. The molecule has 1 amide bonds. The van der Waals surface area contributed by atoms with Gasteiger partial charge < -0.3 is 9.64 Å². The van der Waals surface area contributed by atoms with E-state index in [0.717, 1.165) is 68.2 Å². The summed E-state index contributed by atoms with van der Waals surface area (Å²) in [4.78, 5) is 16.6. The molecule has 2 fully saturated rings. The summed E-state index contributed by atoms with van der Waals surface area (Å²) in [5, 5.41) is 0.737. The average Bonchev–Trinajstić information content (AvgIpc) is 3.01. The van der Waals surface area contributed by atoms with Crippen molar-refractivity contribution < 1.29 is 9.53 Å². The molecule has 5 heteroatoms. The van der Waals surface area contributed by atoms with Crippen LogP contribution in [0, 0.1) is 0 Å². The van der Waals surface area contributed by atoms with E-state index < -0.39 is 0 Å². The number of benzene rings is 1. The molecular weight excluding hydrogens is 324 g/mol. The van der Waals surface area contributed by atoms with E-state index in [1.54, 1.807) is 0 Å². The van der Waals surface area contributed by atoms with E-state index in [0.29, 0.717) is 18.6 Å². The Morgan fingerprint density at radius 2 is 2.17 bits per heavy atom. The molecule has 3 aliphatic rings. The Balaban J connectivity index is 1.42. The lowest BCUT2D eigenvalue weighted by Crippen LogP contribution is -2.49. The summed E-state index contributed by atoms with van der Waals surface area (Å²) < 4.78 is 5.86. The molecule has 128 valence electrons. The zero-order valence-electron chi connectivity index (χ0n) is 13.8. The van der Waals surface area contributed by atoms with Gasteiger partial charge in [-0.05, 0) is 55.7 Å². The van der Waals surface area contributed by atoms with Crippen molar-refractivity contribution in [3.8, 4) is 5.75 Å². The summed E-state index contributed by atoms with van der Waals surface area (Å²) in [5.74, 6) is 1.24. The first-order valence-electron chi connectivity index (χ1n) is 8.83. The number of carbonyl (C=O) groups is 1. The van der Waals surface area contributed by atoms with Crippen molar-refractivity contribution in [3.63, 3.8) is 0 Å². The molecule has 3 aliphatic heterocycles. The minimum atomic E-state index is 0.339. The molecule has 4 rings (SSSR count). The number of amides is 1. The Hall–Kier alpha value is -1.52. The number of carbonyl (C=O) groups excluding carboxylic acids is 1. The highest BCUT2D eigenvalue weighted by Crippen LogP contribution is 2.30. The van der Waals surface area contributed by atoms with E-state index in [-0.39, 0.29) is 0 Å². The highest BCUT2D eigenvalue weighted by Gasteiger charge is 2.31. The van der Waals surface area contributed by atoms with E-state index in [1.807, 2.05) is 18.2 Å². The van der Waals surface area contributed by atoms with Gasteiger partial charge in [-0.2, -0.15) is 0 Å². The minimum absolute atomic E-state index is 0.339. The number of ether oxygens (including phenoxy) is 1. The molecule has 0 N–H and O–H groups in total. The number of likely N-dealkylation sites (tertiary alicyclic amines) is 2. The van der Waals surface area contributed by atoms with Crippen LogP contribution in [0.1, 0.15) is 31.2 Å². The third-order valence-corrected chi connectivity index (χ3v) is 5.44. The van der Waals surface area contributed by atoms with Gasteiger partial charge in [-0.15, -0.1) is 0 Å². The number of hydrogen-bond acceptors (Lipinski definition) is 3. The van der Waals surface area contributed by atoms with Gasteiger partial charge in [0, 0.05) is 42.7 Å². The SMILES string of the molecule is O=C1CCCN1[C@@H]1CCCN(CC2=Cc3cc(Cl)ccc3OC2)C1. The molecule has 24 heavy (non-hydrogen) atoms. The molecular formula is C19H23ClN2O2. The van der Waals surface area contributed by atoms with Gasteiger partial charge in [0.1, 0.15) is 12.4 Å². The van der Waals surface area contributed by atoms with Crippen LogP contribution in [0.3, 0.4) is 0 Å². The van der Waals surface area contributed by atoms with Crippen molar-refractivity contribution in [2.24, 2.45) is 0 Å².